The van der Waals surface area contributed by atoms with Crippen LogP contribution in [0.2, 0.25) is 0 Å². The predicted molar refractivity (Wildman–Crippen MR) is 68.7 cm³/mol. The third kappa shape index (κ3) is 3.30. The smallest absolute Gasteiger partial charge is 0.161 e. The fourth-order valence-corrected chi connectivity index (χ4v) is 2.23. The standard InChI is InChI=1S/C15H22O2/c1-3-4-8-12(2)15-16-11-14(17-15)13-9-6-5-7-10-13/h5-7,9-10,12,14-15H,3-4,8,11H2,1-2H3. The Bertz CT molecular complexity index is 323. The van der Waals surface area contributed by atoms with Crippen molar-refractivity contribution in [3.63, 3.8) is 0 Å². The van der Waals surface area contributed by atoms with E-state index in [1.807, 2.05) is 18.2 Å². The molecule has 2 nitrogen and oxygen atoms in total. The molecule has 0 aromatic heterocycles. The molecule has 1 fully saturated rings. The van der Waals surface area contributed by atoms with Crippen molar-refractivity contribution in [2.75, 3.05) is 6.61 Å². The maximum absolute atomic E-state index is 5.98. The molecular formula is C15H22O2. The molecule has 3 atom stereocenters. The lowest BCUT2D eigenvalue weighted by atomic mass is 10.0. The first-order chi connectivity index (χ1) is 8.31. The van der Waals surface area contributed by atoms with E-state index >= 15 is 0 Å². The lowest BCUT2D eigenvalue weighted by molar-refractivity contribution is -0.0945. The van der Waals surface area contributed by atoms with Gasteiger partial charge in [0, 0.05) is 5.92 Å². The number of unbranched alkanes of at least 4 members (excludes halogenated alkanes) is 1. The Labute approximate surface area is 104 Å². The van der Waals surface area contributed by atoms with Crippen molar-refractivity contribution >= 4 is 0 Å². The van der Waals surface area contributed by atoms with E-state index < -0.39 is 0 Å². The van der Waals surface area contributed by atoms with Crippen molar-refractivity contribution in [3.8, 4) is 0 Å². The highest BCUT2D eigenvalue weighted by molar-refractivity contribution is 5.18. The first kappa shape index (κ1) is 12.6. The van der Waals surface area contributed by atoms with Gasteiger partial charge in [-0.3, -0.25) is 0 Å². The topological polar surface area (TPSA) is 18.5 Å². The van der Waals surface area contributed by atoms with Crippen molar-refractivity contribution in [3.05, 3.63) is 35.9 Å². The highest BCUT2D eigenvalue weighted by Crippen LogP contribution is 2.31. The summed E-state index contributed by atoms with van der Waals surface area (Å²) in [6, 6.07) is 10.3. The molecular weight excluding hydrogens is 212 g/mol. The van der Waals surface area contributed by atoms with E-state index in [0.29, 0.717) is 12.5 Å². The van der Waals surface area contributed by atoms with Gasteiger partial charge >= 0.3 is 0 Å². The van der Waals surface area contributed by atoms with Gasteiger partial charge in [-0.2, -0.15) is 0 Å². The second kappa shape index (κ2) is 6.18. The Balaban J connectivity index is 1.87. The molecule has 17 heavy (non-hydrogen) atoms. The van der Waals surface area contributed by atoms with E-state index in [2.05, 4.69) is 26.0 Å². The van der Waals surface area contributed by atoms with Crippen molar-refractivity contribution in [2.24, 2.45) is 5.92 Å². The zero-order valence-corrected chi connectivity index (χ0v) is 10.8. The summed E-state index contributed by atoms with van der Waals surface area (Å²) in [5.74, 6) is 0.490. The Morgan fingerprint density at radius 3 is 2.76 bits per heavy atom. The van der Waals surface area contributed by atoms with E-state index in [-0.39, 0.29) is 12.4 Å². The molecule has 1 aromatic rings. The third-order valence-electron chi connectivity index (χ3n) is 3.36. The van der Waals surface area contributed by atoms with Gasteiger partial charge < -0.3 is 9.47 Å². The van der Waals surface area contributed by atoms with Gasteiger partial charge in [-0.25, -0.2) is 0 Å². The van der Waals surface area contributed by atoms with Crippen LogP contribution in [0.4, 0.5) is 0 Å². The molecule has 0 N–H and O–H groups in total. The molecule has 0 aliphatic carbocycles. The minimum atomic E-state index is -0.0215. The lowest BCUT2D eigenvalue weighted by Crippen LogP contribution is -2.18. The van der Waals surface area contributed by atoms with Crippen LogP contribution in [-0.4, -0.2) is 12.9 Å². The van der Waals surface area contributed by atoms with Gasteiger partial charge in [0.15, 0.2) is 6.29 Å². The fourth-order valence-electron chi connectivity index (χ4n) is 2.23. The molecule has 1 aromatic carbocycles. The van der Waals surface area contributed by atoms with Crippen LogP contribution in [0, 0.1) is 5.92 Å². The summed E-state index contributed by atoms with van der Waals surface area (Å²) >= 11 is 0. The summed E-state index contributed by atoms with van der Waals surface area (Å²) in [5, 5.41) is 0. The Kier molecular flexibility index (Phi) is 4.57. The molecule has 1 heterocycles. The van der Waals surface area contributed by atoms with E-state index in [9.17, 15) is 0 Å². The minimum absolute atomic E-state index is 0.0215. The first-order valence-corrected chi connectivity index (χ1v) is 6.63. The van der Waals surface area contributed by atoms with Crippen LogP contribution < -0.4 is 0 Å². The van der Waals surface area contributed by atoms with Crippen molar-refractivity contribution < 1.29 is 9.47 Å². The Morgan fingerprint density at radius 2 is 2.06 bits per heavy atom. The number of benzene rings is 1. The van der Waals surface area contributed by atoms with Crippen molar-refractivity contribution in [1.82, 2.24) is 0 Å². The molecule has 0 amide bonds. The zero-order chi connectivity index (χ0) is 12.1. The van der Waals surface area contributed by atoms with Crippen LogP contribution in [0.5, 0.6) is 0 Å². The van der Waals surface area contributed by atoms with Gasteiger partial charge in [-0.05, 0) is 12.0 Å². The van der Waals surface area contributed by atoms with Gasteiger partial charge in [-0.15, -0.1) is 0 Å². The van der Waals surface area contributed by atoms with Gasteiger partial charge in [0.1, 0.15) is 6.10 Å². The average Bonchev–Trinajstić information content (AvgIpc) is 2.86. The number of hydrogen-bond acceptors (Lipinski definition) is 2. The molecule has 1 aliphatic heterocycles. The molecule has 0 radical (unpaired) electrons. The molecule has 1 aliphatic rings. The average molecular weight is 234 g/mol. The Morgan fingerprint density at radius 1 is 1.29 bits per heavy atom. The predicted octanol–water partition coefficient (Wildman–Crippen LogP) is 3.93. The molecule has 2 heteroatoms. The lowest BCUT2D eigenvalue weighted by Gasteiger charge is -2.18. The number of rotatable bonds is 5. The zero-order valence-electron chi connectivity index (χ0n) is 10.8. The van der Waals surface area contributed by atoms with Crippen LogP contribution in [0.1, 0.15) is 44.8 Å². The van der Waals surface area contributed by atoms with E-state index in [4.69, 9.17) is 9.47 Å². The summed E-state index contributed by atoms with van der Waals surface area (Å²) in [6.07, 6.45) is 3.76. The molecule has 0 spiro atoms. The monoisotopic (exact) mass is 234 g/mol. The highest BCUT2D eigenvalue weighted by atomic mass is 16.7. The van der Waals surface area contributed by atoms with E-state index in [0.717, 1.165) is 0 Å². The summed E-state index contributed by atoms with van der Waals surface area (Å²) in [6.45, 7) is 5.12. The van der Waals surface area contributed by atoms with Crippen LogP contribution in [0.15, 0.2) is 30.3 Å². The quantitative estimate of drug-likeness (QED) is 0.768. The van der Waals surface area contributed by atoms with Crippen LogP contribution in [0.3, 0.4) is 0 Å². The Hall–Kier alpha value is -0.860. The summed E-state index contributed by atoms with van der Waals surface area (Å²) in [5.41, 5.74) is 1.22. The fraction of sp³-hybridized carbons (Fsp3) is 0.600. The summed E-state index contributed by atoms with van der Waals surface area (Å²) in [4.78, 5) is 0. The van der Waals surface area contributed by atoms with Crippen LogP contribution >= 0.6 is 0 Å². The molecule has 94 valence electrons. The summed E-state index contributed by atoms with van der Waals surface area (Å²) < 4.78 is 11.7. The van der Waals surface area contributed by atoms with Gasteiger partial charge in [0.2, 0.25) is 0 Å². The molecule has 2 rings (SSSR count). The third-order valence-corrected chi connectivity index (χ3v) is 3.36. The number of ether oxygens (including phenoxy) is 2. The van der Waals surface area contributed by atoms with E-state index in [1.165, 1.54) is 24.8 Å². The largest absolute Gasteiger partial charge is 0.349 e. The summed E-state index contributed by atoms with van der Waals surface area (Å²) in [7, 11) is 0. The van der Waals surface area contributed by atoms with Crippen molar-refractivity contribution in [2.45, 2.75) is 45.5 Å². The maximum atomic E-state index is 5.98. The van der Waals surface area contributed by atoms with Crippen LogP contribution in [-0.2, 0) is 9.47 Å². The van der Waals surface area contributed by atoms with E-state index in [1.54, 1.807) is 0 Å². The minimum Gasteiger partial charge on any atom is -0.349 e. The maximum Gasteiger partial charge on any atom is 0.161 e. The SMILES string of the molecule is CCCCC(C)C1OCC(c2ccccc2)O1. The van der Waals surface area contributed by atoms with Gasteiger partial charge in [0.25, 0.3) is 0 Å². The second-order valence-electron chi connectivity index (χ2n) is 4.86. The molecule has 0 saturated carbocycles. The van der Waals surface area contributed by atoms with Gasteiger partial charge in [0.05, 0.1) is 6.61 Å². The normalized spacial score (nSPS) is 26.0. The first-order valence-electron chi connectivity index (χ1n) is 6.63. The van der Waals surface area contributed by atoms with Gasteiger partial charge in [-0.1, -0.05) is 57.0 Å². The molecule has 3 unspecified atom stereocenters. The van der Waals surface area contributed by atoms with Crippen LogP contribution in [0.25, 0.3) is 0 Å². The molecule has 0 bridgehead atoms. The number of hydrogen-bond donors (Lipinski definition) is 0. The highest BCUT2D eigenvalue weighted by Gasteiger charge is 2.30. The molecule has 1 saturated heterocycles. The van der Waals surface area contributed by atoms with Crippen molar-refractivity contribution in [1.29, 1.82) is 0 Å². The second-order valence-corrected chi connectivity index (χ2v) is 4.86.